The molecule has 138 valence electrons. The highest BCUT2D eigenvalue weighted by atomic mass is 16.6. The summed E-state index contributed by atoms with van der Waals surface area (Å²) in [7, 11) is 0. The third kappa shape index (κ3) is 3.35. The summed E-state index contributed by atoms with van der Waals surface area (Å²) in [5, 5.41) is 8.88. The zero-order valence-corrected chi connectivity index (χ0v) is 15.1. The van der Waals surface area contributed by atoms with Gasteiger partial charge >= 0.3 is 5.97 Å². The summed E-state index contributed by atoms with van der Waals surface area (Å²) in [5.74, 6) is 1.23. The van der Waals surface area contributed by atoms with Gasteiger partial charge in [0, 0.05) is 0 Å². The van der Waals surface area contributed by atoms with Gasteiger partial charge in [-0.25, -0.2) is 0 Å². The second-order valence-electron chi connectivity index (χ2n) is 7.03. The summed E-state index contributed by atoms with van der Waals surface area (Å²) in [6.07, 6.45) is 3.55. The van der Waals surface area contributed by atoms with Crippen molar-refractivity contribution in [3.05, 3.63) is 59.2 Å². The zero-order chi connectivity index (χ0) is 18.7. The number of nitrogens with zero attached hydrogens (tertiary/aromatic N) is 1. The molecule has 27 heavy (non-hydrogen) atoms. The molecule has 1 aliphatic heterocycles. The highest BCUT2D eigenvalue weighted by molar-refractivity contribution is 5.84. The monoisotopic (exact) mass is 363 g/mol. The fraction of sp³-hybridized carbons (Fsp3) is 0.364. The molecule has 1 fully saturated rings. The van der Waals surface area contributed by atoms with Crippen LogP contribution in [0.25, 0.3) is 0 Å². The Morgan fingerprint density at radius 3 is 2.44 bits per heavy atom. The average molecular weight is 363 g/mol. The molecule has 1 heterocycles. The van der Waals surface area contributed by atoms with Crippen LogP contribution in [-0.4, -0.2) is 19.2 Å². The van der Waals surface area contributed by atoms with E-state index in [0.717, 1.165) is 42.6 Å². The van der Waals surface area contributed by atoms with Crippen LogP contribution >= 0.6 is 0 Å². The molecule has 0 saturated heterocycles. The van der Waals surface area contributed by atoms with Gasteiger partial charge in [-0.1, -0.05) is 31.0 Å². The molecule has 0 unspecified atom stereocenters. The molecule has 2 aliphatic rings. The Morgan fingerprint density at radius 1 is 1.04 bits per heavy atom. The second-order valence-corrected chi connectivity index (χ2v) is 7.03. The lowest BCUT2D eigenvalue weighted by atomic mass is 9.78. The van der Waals surface area contributed by atoms with Crippen LogP contribution in [0.15, 0.2) is 42.5 Å². The standard InChI is InChI=1S/C22H21NO4/c23-14-16-3-5-17(6-4-16)15-27-21(24)22(9-1-2-10-22)18-7-8-19-20(13-18)26-12-11-25-19/h3-8,13H,1-2,9-12,15H2. The highest BCUT2D eigenvalue weighted by Gasteiger charge is 2.44. The fourth-order valence-corrected chi connectivity index (χ4v) is 3.89. The van der Waals surface area contributed by atoms with Gasteiger partial charge in [0.05, 0.1) is 17.0 Å². The molecule has 0 spiro atoms. The molecule has 1 aliphatic carbocycles. The van der Waals surface area contributed by atoms with Gasteiger partial charge in [-0.3, -0.25) is 4.79 Å². The number of benzene rings is 2. The number of esters is 1. The lowest BCUT2D eigenvalue weighted by Crippen LogP contribution is -2.34. The Kier molecular flexibility index (Phi) is 4.72. The van der Waals surface area contributed by atoms with Crippen molar-refractivity contribution in [1.29, 1.82) is 5.26 Å². The normalized spacial score (nSPS) is 17.1. The van der Waals surface area contributed by atoms with Crippen LogP contribution in [0.3, 0.4) is 0 Å². The molecular formula is C22H21NO4. The van der Waals surface area contributed by atoms with Gasteiger partial charge in [0.2, 0.25) is 0 Å². The van der Waals surface area contributed by atoms with Crippen LogP contribution in [0.2, 0.25) is 0 Å². The minimum absolute atomic E-state index is 0.193. The Morgan fingerprint density at radius 2 is 1.74 bits per heavy atom. The van der Waals surface area contributed by atoms with Gasteiger partial charge in [0.1, 0.15) is 19.8 Å². The molecule has 5 nitrogen and oxygen atoms in total. The van der Waals surface area contributed by atoms with E-state index in [9.17, 15) is 4.79 Å². The maximum Gasteiger partial charge on any atom is 0.316 e. The van der Waals surface area contributed by atoms with Crippen molar-refractivity contribution < 1.29 is 19.0 Å². The quantitative estimate of drug-likeness (QED) is 0.771. The minimum Gasteiger partial charge on any atom is -0.486 e. The summed E-state index contributed by atoms with van der Waals surface area (Å²) in [6, 6.07) is 15.0. The van der Waals surface area contributed by atoms with Crippen molar-refractivity contribution in [2.45, 2.75) is 37.7 Å². The predicted molar refractivity (Wildman–Crippen MR) is 98.5 cm³/mol. The highest BCUT2D eigenvalue weighted by Crippen LogP contribution is 2.45. The number of nitriles is 1. The van der Waals surface area contributed by atoms with Gasteiger partial charge in [0.15, 0.2) is 11.5 Å². The third-order valence-electron chi connectivity index (χ3n) is 5.40. The molecular weight excluding hydrogens is 342 g/mol. The largest absolute Gasteiger partial charge is 0.486 e. The lowest BCUT2D eigenvalue weighted by Gasteiger charge is -2.29. The van der Waals surface area contributed by atoms with Crippen LogP contribution in [0, 0.1) is 11.3 Å². The fourth-order valence-electron chi connectivity index (χ4n) is 3.89. The molecule has 2 aromatic carbocycles. The van der Waals surface area contributed by atoms with Crippen LogP contribution in [0.1, 0.15) is 42.4 Å². The maximum absolute atomic E-state index is 13.1. The first-order chi connectivity index (χ1) is 13.2. The van der Waals surface area contributed by atoms with Crippen molar-refractivity contribution in [1.82, 2.24) is 0 Å². The number of carbonyl (C=O) groups excluding carboxylic acids is 1. The third-order valence-corrected chi connectivity index (χ3v) is 5.40. The van der Waals surface area contributed by atoms with Gasteiger partial charge in [0.25, 0.3) is 0 Å². The van der Waals surface area contributed by atoms with Crippen LogP contribution in [-0.2, 0) is 21.6 Å². The Hall–Kier alpha value is -3.00. The first-order valence-electron chi connectivity index (χ1n) is 9.28. The lowest BCUT2D eigenvalue weighted by molar-refractivity contribution is -0.152. The van der Waals surface area contributed by atoms with E-state index in [-0.39, 0.29) is 12.6 Å². The van der Waals surface area contributed by atoms with E-state index in [2.05, 4.69) is 6.07 Å². The van der Waals surface area contributed by atoms with Gasteiger partial charge in [-0.2, -0.15) is 5.26 Å². The van der Waals surface area contributed by atoms with Gasteiger partial charge in [-0.05, 0) is 48.2 Å². The second kappa shape index (κ2) is 7.32. The molecule has 0 radical (unpaired) electrons. The molecule has 0 aromatic heterocycles. The Bertz CT molecular complexity index is 876. The van der Waals surface area contributed by atoms with E-state index in [0.29, 0.717) is 24.5 Å². The van der Waals surface area contributed by atoms with E-state index < -0.39 is 5.41 Å². The van der Waals surface area contributed by atoms with Gasteiger partial charge < -0.3 is 14.2 Å². The van der Waals surface area contributed by atoms with Crippen molar-refractivity contribution in [2.75, 3.05) is 13.2 Å². The number of carbonyl (C=O) groups is 1. The van der Waals surface area contributed by atoms with Crippen LogP contribution < -0.4 is 9.47 Å². The number of hydrogen-bond acceptors (Lipinski definition) is 5. The molecule has 1 saturated carbocycles. The van der Waals surface area contributed by atoms with Crippen molar-refractivity contribution >= 4 is 5.97 Å². The van der Waals surface area contributed by atoms with Crippen LogP contribution in [0.4, 0.5) is 0 Å². The first kappa shape index (κ1) is 17.4. The molecule has 0 amide bonds. The van der Waals surface area contributed by atoms with Crippen molar-refractivity contribution in [2.24, 2.45) is 0 Å². The summed E-state index contributed by atoms with van der Waals surface area (Å²) in [6.45, 7) is 1.27. The van der Waals surface area contributed by atoms with E-state index in [1.165, 1.54) is 0 Å². The Balaban J connectivity index is 1.54. The summed E-state index contributed by atoms with van der Waals surface area (Å²) in [5.41, 5.74) is 1.78. The summed E-state index contributed by atoms with van der Waals surface area (Å²) >= 11 is 0. The Labute approximate surface area is 158 Å². The molecule has 0 atom stereocenters. The predicted octanol–water partition coefficient (Wildman–Crippen LogP) is 3.88. The van der Waals surface area contributed by atoms with Gasteiger partial charge in [-0.15, -0.1) is 0 Å². The molecule has 2 aromatic rings. The first-order valence-corrected chi connectivity index (χ1v) is 9.28. The molecule has 0 N–H and O–H groups in total. The van der Waals surface area contributed by atoms with E-state index in [4.69, 9.17) is 19.5 Å². The zero-order valence-electron chi connectivity index (χ0n) is 15.1. The smallest absolute Gasteiger partial charge is 0.316 e. The number of ether oxygens (including phenoxy) is 3. The molecule has 5 heteroatoms. The van der Waals surface area contributed by atoms with E-state index in [1.54, 1.807) is 12.1 Å². The minimum atomic E-state index is -0.623. The maximum atomic E-state index is 13.1. The SMILES string of the molecule is N#Cc1ccc(COC(=O)C2(c3ccc4c(c3)OCCO4)CCCC2)cc1. The topological polar surface area (TPSA) is 68.5 Å². The molecule has 0 bridgehead atoms. The average Bonchev–Trinajstić information content (AvgIpc) is 3.23. The van der Waals surface area contributed by atoms with E-state index in [1.807, 2.05) is 30.3 Å². The van der Waals surface area contributed by atoms with Crippen molar-refractivity contribution in [3.63, 3.8) is 0 Å². The van der Waals surface area contributed by atoms with E-state index >= 15 is 0 Å². The summed E-state index contributed by atoms with van der Waals surface area (Å²) < 4.78 is 17.0. The molecule has 4 rings (SSSR count). The van der Waals surface area contributed by atoms with Crippen molar-refractivity contribution in [3.8, 4) is 17.6 Å². The van der Waals surface area contributed by atoms with Crippen LogP contribution in [0.5, 0.6) is 11.5 Å². The summed E-state index contributed by atoms with van der Waals surface area (Å²) in [4.78, 5) is 13.1. The number of fused-ring (bicyclic) bond motifs is 1. The number of rotatable bonds is 4. The number of hydrogen-bond donors (Lipinski definition) is 0.